The first kappa shape index (κ1) is 21.4. The van der Waals surface area contributed by atoms with Crippen LogP contribution in [0.1, 0.15) is 23.2 Å². The molecule has 2 heterocycles. The number of hydrogen-bond donors (Lipinski definition) is 1. The number of methoxy groups -OCH3 is 2. The molecule has 2 amide bonds. The molecule has 2 N–H and O–H groups in total. The van der Waals surface area contributed by atoms with Crippen LogP contribution in [0.15, 0.2) is 54.7 Å². The lowest BCUT2D eigenvalue weighted by Gasteiger charge is -2.30. The first-order valence-corrected chi connectivity index (χ1v) is 10.5. The van der Waals surface area contributed by atoms with Gasteiger partial charge in [0.15, 0.2) is 11.5 Å². The van der Waals surface area contributed by atoms with E-state index in [0.717, 1.165) is 11.3 Å². The summed E-state index contributed by atoms with van der Waals surface area (Å²) >= 11 is 0. The van der Waals surface area contributed by atoms with Crippen molar-refractivity contribution in [3.05, 3.63) is 60.3 Å². The van der Waals surface area contributed by atoms with Crippen LogP contribution in [0.2, 0.25) is 0 Å². The number of nitrogens with zero attached hydrogens (tertiary/aromatic N) is 3. The van der Waals surface area contributed by atoms with E-state index in [4.69, 9.17) is 20.3 Å². The zero-order valence-electron chi connectivity index (χ0n) is 18.2. The van der Waals surface area contributed by atoms with Crippen molar-refractivity contribution in [3.8, 4) is 28.4 Å². The standard InChI is InChI=1S/C24H26N4O4/c1-31-20-9-8-17(14-21(20)32-2)22-19(15-28(26-22)18-6-4-3-5-7-18)24(30)27-12-10-16(11-13-27)23(25)29/h3-9,14-16H,10-13H2,1-2H3,(H2,25,29). The Balaban J connectivity index is 1.73. The van der Waals surface area contributed by atoms with E-state index in [1.54, 1.807) is 36.1 Å². The Kier molecular flexibility index (Phi) is 6.11. The van der Waals surface area contributed by atoms with Gasteiger partial charge in [0.25, 0.3) is 5.91 Å². The molecule has 2 aromatic carbocycles. The molecule has 1 aliphatic rings. The summed E-state index contributed by atoms with van der Waals surface area (Å²) in [7, 11) is 3.14. The maximum Gasteiger partial charge on any atom is 0.257 e. The molecule has 0 radical (unpaired) electrons. The van der Waals surface area contributed by atoms with Crippen molar-refractivity contribution in [3.63, 3.8) is 0 Å². The third-order valence-corrected chi connectivity index (χ3v) is 5.81. The van der Waals surface area contributed by atoms with Crippen LogP contribution in [0.4, 0.5) is 0 Å². The lowest BCUT2D eigenvalue weighted by Crippen LogP contribution is -2.41. The van der Waals surface area contributed by atoms with E-state index in [9.17, 15) is 9.59 Å². The van der Waals surface area contributed by atoms with Crippen LogP contribution < -0.4 is 15.2 Å². The van der Waals surface area contributed by atoms with E-state index in [2.05, 4.69) is 0 Å². The van der Waals surface area contributed by atoms with Gasteiger partial charge in [0, 0.05) is 30.8 Å². The van der Waals surface area contributed by atoms with Gasteiger partial charge in [-0.3, -0.25) is 9.59 Å². The molecule has 0 atom stereocenters. The third kappa shape index (κ3) is 4.16. The summed E-state index contributed by atoms with van der Waals surface area (Å²) in [6.45, 7) is 0.961. The van der Waals surface area contributed by atoms with E-state index >= 15 is 0 Å². The molecule has 8 heteroatoms. The van der Waals surface area contributed by atoms with Gasteiger partial charge in [0.2, 0.25) is 5.91 Å². The van der Waals surface area contributed by atoms with Gasteiger partial charge >= 0.3 is 0 Å². The molecule has 1 fully saturated rings. The van der Waals surface area contributed by atoms with Crippen LogP contribution in [0.5, 0.6) is 11.5 Å². The Bertz CT molecular complexity index is 1120. The molecule has 8 nitrogen and oxygen atoms in total. The number of amides is 2. The van der Waals surface area contributed by atoms with E-state index < -0.39 is 0 Å². The van der Waals surface area contributed by atoms with Crippen LogP contribution in [-0.2, 0) is 4.79 Å². The predicted octanol–water partition coefficient (Wildman–Crippen LogP) is 2.89. The second-order valence-corrected chi connectivity index (χ2v) is 7.71. The average molecular weight is 434 g/mol. The molecular formula is C24H26N4O4. The molecule has 32 heavy (non-hydrogen) atoms. The molecule has 0 unspecified atom stereocenters. The Morgan fingerprint density at radius 3 is 2.31 bits per heavy atom. The van der Waals surface area contributed by atoms with Gasteiger partial charge in [-0.1, -0.05) is 18.2 Å². The molecule has 0 saturated carbocycles. The van der Waals surface area contributed by atoms with Crippen molar-refractivity contribution in [1.29, 1.82) is 0 Å². The van der Waals surface area contributed by atoms with Crippen molar-refractivity contribution >= 4 is 11.8 Å². The van der Waals surface area contributed by atoms with E-state index in [1.165, 1.54) is 0 Å². The van der Waals surface area contributed by atoms with Gasteiger partial charge in [-0.05, 0) is 43.2 Å². The van der Waals surface area contributed by atoms with E-state index in [0.29, 0.717) is 48.7 Å². The summed E-state index contributed by atoms with van der Waals surface area (Å²) in [5.74, 6) is 0.538. The van der Waals surface area contributed by atoms with Gasteiger partial charge in [-0.25, -0.2) is 4.68 Å². The fourth-order valence-electron chi connectivity index (χ4n) is 3.98. The highest BCUT2D eigenvalue weighted by Crippen LogP contribution is 2.34. The number of piperidine rings is 1. The summed E-state index contributed by atoms with van der Waals surface area (Å²) in [6.07, 6.45) is 2.89. The van der Waals surface area contributed by atoms with Crippen LogP contribution in [-0.4, -0.2) is 53.8 Å². The summed E-state index contributed by atoms with van der Waals surface area (Å²) in [5.41, 5.74) is 8.07. The van der Waals surface area contributed by atoms with Gasteiger partial charge in [-0.15, -0.1) is 0 Å². The van der Waals surface area contributed by atoms with Crippen LogP contribution >= 0.6 is 0 Å². The van der Waals surface area contributed by atoms with Gasteiger partial charge in [0.1, 0.15) is 5.69 Å². The van der Waals surface area contributed by atoms with E-state index in [1.807, 2.05) is 42.5 Å². The van der Waals surface area contributed by atoms with Crippen molar-refractivity contribution < 1.29 is 19.1 Å². The highest BCUT2D eigenvalue weighted by molar-refractivity contribution is 6.00. The maximum absolute atomic E-state index is 13.5. The third-order valence-electron chi connectivity index (χ3n) is 5.81. The molecular weight excluding hydrogens is 408 g/mol. The normalized spacial score (nSPS) is 14.2. The Morgan fingerprint density at radius 2 is 1.69 bits per heavy atom. The first-order valence-electron chi connectivity index (χ1n) is 10.5. The Hall–Kier alpha value is -3.81. The highest BCUT2D eigenvalue weighted by Gasteiger charge is 2.29. The lowest BCUT2D eigenvalue weighted by atomic mass is 9.95. The number of aromatic nitrogens is 2. The molecule has 0 aliphatic carbocycles. The number of primary amides is 1. The highest BCUT2D eigenvalue weighted by atomic mass is 16.5. The molecule has 166 valence electrons. The van der Waals surface area contributed by atoms with Gasteiger partial charge in [-0.2, -0.15) is 5.10 Å². The summed E-state index contributed by atoms with van der Waals surface area (Å²) < 4.78 is 12.5. The number of nitrogens with two attached hydrogens (primary N) is 1. The summed E-state index contributed by atoms with van der Waals surface area (Å²) in [6, 6.07) is 15.1. The fraction of sp³-hybridized carbons (Fsp3) is 0.292. The molecule has 3 aromatic rings. The van der Waals surface area contributed by atoms with Crippen molar-refractivity contribution in [2.75, 3.05) is 27.3 Å². The van der Waals surface area contributed by atoms with Crippen LogP contribution in [0.3, 0.4) is 0 Å². The Labute approximate surface area is 186 Å². The topological polar surface area (TPSA) is 99.7 Å². The van der Waals surface area contributed by atoms with Gasteiger partial charge in [0.05, 0.1) is 25.5 Å². The molecule has 1 saturated heterocycles. The largest absolute Gasteiger partial charge is 0.493 e. The lowest BCUT2D eigenvalue weighted by molar-refractivity contribution is -0.123. The molecule has 1 aliphatic heterocycles. The minimum atomic E-state index is -0.306. The van der Waals surface area contributed by atoms with Crippen LogP contribution in [0.25, 0.3) is 16.9 Å². The number of benzene rings is 2. The number of carbonyl (C=O) groups is 2. The smallest absolute Gasteiger partial charge is 0.257 e. The molecule has 4 rings (SSSR count). The summed E-state index contributed by atoms with van der Waals surface area (Å²) in [5, 5.41) is 4.74. The molecule has 1 aromatic heterocycles. The van der Waals surface area contributed by atoms with Gasteiger partial charge < -0.3 is 20.1 Å². The predicted molar refractivity (Wildman–Crippen MR) is 120 cm³/mol. The maximum atomic E-state index is 13.5. The van der Waals surface area contributed by atoms with E-state index in [-0.39, 0.29) is 17.7 Å². The monoisotopic (exact) mass is 434 g/mol. The fourth-order valence-corrected chi connectivity index (χ4v) is 3.98. The molecule has 0 spiro atoms. The number of likely N-dealkylation sites (tertiary alicyclic amines) is 1. The zero-order chi connectivity index (χ0) is 22.7. The number of rotatable bonds is 6. The second kappa shape index (κ2) is 9.13. The van der Waals surface area contributed by atoms with Crippen molar-refractivity contribution in [1.82, 2.24) is 14.7 Å². The SMILES string of the molecule is COc1ccc(-c2nn(-c3ccccc3)cc2C(=O)N2CCC(C(N)=O)CC2)cc1OC. The van der Waals surface area contributed by atoms with Crippen molar-refractivity contribution in [2.45, 2.75) is 12.8 Å². The minimum Gasteiger partial charge on any atom is -0.493 e. The minimum absolute atomic E-state index is 0.125. The summed E-state index contributed by atoms with van der Waals surface area (Å²) in [4.78, 5) is 26.7. The first-order chi connectivity index (χ1) is 15.5. The quantitative estimate of drug-likeness (QED) is 0.643. The van der Waals surface area contributed by atoms with Crippen molar-refractivity contribution in [2.24, 2.45) is 11.7 Å². The number of para-hydroxylation sites is 1. The Morgan fingerprint density at radius 1 is 1.00 bits per heavy atom. The molecule has 0 bridgehead atoms. The second-order valence-electron chi connectivity index (χ2n) is 7.71. The zero-order valence-corrected chi connectivity index (χ0v) is 18.2. The number of hydrogen-bond acceptors (Lipinski definition) is 5. The number of ether oxygens (including phenoxy) is 2. The average Bonchev–Trinajstić information content (AvgIpc) is 3.29. The van der Waals surface area contributed by atoms with Crippen LogP contribution in [0, 0.1) is 5.92 Å². The number of carbonyl (C=O) groups excluding carboxylic acids is 2.